The molecule has 1 aromatic carbocycles. The number of fused-ring (bicyclic) bond motifs is 1. The molecule has 1 amide bonds. The predicted octanol–water partition coefficient (Wildman–Crippen LogP) is 4.10. The van der Waals surface area contributed by atoms with Crippen LogP contribution in [0.15, 0.2) is 18.2 Å². The fourth-order valence-electron chi connectivity index (χ4n) is 3.73. The number of aromatic amines is 1. The lowest BCUT2D eigenvalue weighted by molar-refractivity contribution is -0.120. The van der Waals surface area contributed by atoms with Crippen molar-refractivity contribution in [3.63, 3.8) is 0 Å². The van der Waals surface area contributed by atoms with E-state index in [4.69, 9.17) is 0 Å². The van der Waals surface area contributed by atoms with Crippen molar-refractivity contribution in [1.29, 1.82) is 0 Å². The van der Waals surface area contributed by atoms with Crippen LogP contribution in [-0.2, 0) is 11.2 Å². The second kappa shape index (κ2) is 7.39. The Morgan fingerprint density at radius 1 is 1.25 bits per heavy atom. The number of aromatic nitrogens is 1. The summed E-state index contributed by atoms with van der Waals surface area (Å²) in [6, 6.07) is 6.22. The second-order valence-electron chi connectivity index (χ2n) is 7.37. The van der Waals surface area contributed by atoms with Crippen LogP contribution in [0.2, 0.25) is 0 Å². The molecule has 1 aromatic heterocycles. The highest BCUT2D eigenvalue weighted by Gasteiger charge is 2.21. The number of H-pyrrole nitrogens is 1. The molecule has 0 unspecified atom stereocenters. The van der Waals surface area contributed by atoms with Crippen LogP contribution in [0, 0.1) is 12.8 Å². The van der Waals surface area contributed by atoms with Crippen LogP contribution in [0.4, 0.5) is 5.69 Å². The summed E-state index contributed by atoms with van der Waals surface area (Å²) in [5.74, 6) is 0.381. The summed E-state index contributed by atoms with van der Waals surface area (Å²) in [5, 5.41) is 4.37. The molecule has 1 aliphatic carbocycles. The van der Waals surface area contributed by atoms with Gasteiger partial charge in [-0.15, -0.1) is 0 Å². The first-order valence-corrected chi connectivity index (χ1v) is 9.11. The zero-order chi connectivity index (χ0) is 17.1. The third-order valence-electron chi connectivity index (χ3n) is 5.17. The maximum Gasteiger partial charge on any atom is 0.227 e. The van der Waals surface area contributed by atoms with E-state index < -0.39 is 0 Å². The maximum atomic E-state index is 12.5. The number of rotatable bonds is 5. The van der Waals surface area contributed by atoms with Gasteiger partial charge in [-0.1, -0.05) is 19.3 Å². The number of hydrogen-bond acceptors (Lipinski definition) is 2. The lowest BCUT2D eigenvalue weighted by atomic mass is 9.88. The number of nitrogens with zero attached hydrogens (tertiary/aromatic N) is 1. The zero-order valence-corrected chi connectivity index (χ0v) is 15.1. The standard InChI is InChI=1S/C20H29N3O/c1-14-17(11-12-23(2)3)18-13-16(9-10-19(18)21-14)22-20(24)15-7-5-4-6-8-15/h9-10,13,15,21H,4-8,11-12H2,1-3H3,(H,22,24). The van der Waals surface area contributed by atoms with E-state index in [1.54, 1.807) is 0 Å². The smallest absolute Gasteiger partial charge is 0.227 e. The molecule has 0 aliphatic heterocycles. The molecule has 130 valence electrons. The first-order chi connectivity index (χ1) is 11.5. The molecule has 24 heavy (non-hydrogen) atoms. The van der Waals surface area contributed by atoms with Crippen molar-refractivity contribution in [2.75, 3.05) is 26.0 Å². The molecule has 0 atom stereocenters. The van der Waals surface area contributed by atoms with Crippen molar-refractivity contribution in [3.8, 4) is 0 Å². The van der Waals surface area contributed by atoms with Gasteiger partial charge in [-0.3, -0.25) is 4.79 Å². The summed E-state index contributed by atoms with van der Waals surface area (Å²) in [7, 11) is 4.19. The molecule has 4 heteroatoms. The van der Waals surface area contributed by atoms with Crippen LogP contribution < -0.4 is 5.32 Å². The molecule has 0 saturated heterocycles. The maximum absolute atomic E-state index is 12.5. The summed E-state index contributed by atoms with van der Waals surface area (Å²) >= 11 is 0. The fraction of sp³-hybridized carbons (Fsp3) is 0.550. The number of aryl methyl sites for hydroxylation is 1. The zero-order valence-electron chi connectivity index (χ0n) is 15.1. The number of likely N-dealkylation sites (N-methyl/N-ethyl adjacent to an activating group) is 1. The Bertz CT molecular complexity index is 711. The van der Waals surface area contributed by atoms with Crippen LogP contribution in [0.1, 0.15) is 43.4 Å². The van der Waals surface area contributed by atoms with Gasteiger partial charge in [0, 0.05) is 34.7 Å². The Labute approximate surface area is 144 Å². The lowest BCUT2D eigenvalue weighted by Crippen LogP contribution is -2.24. The molecular weight excluding hydrogens is 298 g/mol. The van der Waals surface area contributed by atoms with E-state index in [0.29, 0.717) is 0 Å². The van der Waals surface area contributed by atoms with Gasteiger partial charge in [-0.05, 0) is 64.0 Å². The van der Waals surface area contributed by atoms with Gasteiger partial charge < -0.3 is 15.2 Å². The van der Waals surface area contributed by atoms with E-state index in [2.05, 4.69) is 48.4 Å². The molecular formula is C20H29N3O. The molecule has 1 fully saturated rings. The summed E-state index contributed by atoms with van der Waals surface area (Å²) < 4.78 is 0. The summed E-state index contributed by atoms with van der Waals surface area (Å²) in [6.45, 7) is 3.15. The predicted molar refractivity (Wildman–Crippen MR) is 100 cm³/mol. The molecule has 3 rings (SSSR count). The third kappa shape index (κ3) is 3.81. The van der Waals surface area contributed by atoms with Gasteiger partial charge >= 0.3 is 0 Å². The highest BCUT2D eigenvalue weighted by Crippen LogP contribution is 2.28. The Morgan fingerprint density at radius 3 is 2.71 bits per heavy atom. The van der Waals surface area contributed by atoms with E-state index in [0.717, 1.165) is 37.0 Å². The number of amides is 1. The number of hydrogen-bond donors (Lipinski definition) is 2. The normalized spacial score (nSPS) is 16.0. The quantitative estimate of drug-likeness (QED) is 0.868. The Hall–Kier alpha value is -1.81. The topological polar surface area (TPSA) is 48.1 Å². The number of benzene rings is 1. The van der Waals surface area contributed by atoms with Crippen molar-refractivity contribution in [1.82, 2.24) is 9.88 Å². The molecule has 2 aromatic rings. The SMILES string of the molecule is Cc1[nH]c2ccc(NC(=O)C3CCCCC3)cc2c1CCN(C)C. The van der Waals surface area contributed by atoms with Crippen LogP contribution in [0.5, 0.6) is 0 Å². The Balaban J connectivity index is 1.79. The van der Waals surface area contributed by atoms with Gasteiger partial charge in [-0.25, -0.2) is 0 Å². The molecule has 4 nitrogen and oxygen atoms in total. The van der Waals surface area contributed by atoms with Crippen LogP contribution in [0.3, 0.4) is 0 Å². The number of carbonyl (C=O) groups excluding carboxylic acids is 1. The van der Waals surface area contributed by atoms with Crippen molar-refractivity contribution in [2.45, 2.75) is 45.4 Å². The van der Waals surface area contributed by atoms with Gasteiger partial charge in [0.25, 0.3) is 0 Å². The van der Waals surface area contributed by atoms with E-state index in [9.17, 15) is 4.79 Å². The van der Waals surface area contributed by atoms with Crippen molar-refractivity contribution >= 4 is 22.5 Å². The number of nitrogens with one attached hydrogen (secondary N) is 2. The first kappa shape index (κ1) is 17.0. The summed E-state index contributed by atoms with van der Waals surface area (Å²) in [5.41, 5.74) is 4.65. The first-order valence-electron chi connectivity index (χ1n) is 9.11. The van der Waals surface area contributed by atoms with Gasteiger partial charge in [0.05, 0.1) is 0 Å². The molecule has 1 heterocycles. The van der Waals surface area contributed by atoms with Gasteiger partial charge in [0.2, 0.25) is 5.91 Å². The number of carbonyl (C=O) groups is 1. The molecule has 2 N–H and O–H groups in total. The molecule has 0 radical (unpaired) electrons. The monoisotopic (exact) mass is 327 g/mol. The molecule has 1 saturated carbocycles. The average molecular weight is 327 g/mol. The van der Waals surface area contributed by atoms with Crippen LogP contribution in [0.25, 0.3) is 10.9 Å². The van der Waals surface area contributed by atoms with Crippen molar-refractivity contribution in [2.24, 2.45) is 5.92 Å². The third-order valence-corrected chi connectivity index (χ3v) is 5.17. The Morgan fingerprint density at radius 2 is 2.00 bits per heavy atom. The summed E-state index contributed by atoms with van der Waals surface area (Å²) in [6.07, 6.45) is 6.72. The molecule has 0 spiro atoms. The molecule has 1 aliphatic rings. The van der Waals surface area contributed by atoms with E-state index in [1.165, 1.54) is 35.9 Å². The number of anilines is 1. The van der Waals surface area contributed by atoms with E-state index in [1.807, 2.05) is 6.07 Å². The van der Waals surface area contributed by atoms with Gasteiger partial charge in [-0.2, -0.15) is 0 Å². The largest absolute Gasteiger partial charge is 0.358 e. The minimum absolute atomic E-state index is 0.190. The fourth-order valence-corrected chi connectivity index (χ4v) is 3.73. The Kier molecular flexibility index (Phi) is 5.24. The average Bonchev–Trinajstić information content (AvgIpc) is 2.88. The summed E-state index contributed by atoms with van der Waals surface area (Å²) in [4.78, 5) is 18.1. The lowest BCUT2D eigenvalue weighted by Gasteiger charge is -2.20. The van der Waals surface area contributed by atoms with Crippen molar-refractivity contribution < 1.29 is 4.79 Å². The van der Waals surface area contributed by atoms with Crippen LogP contribution >= 0.6 is 0 Å². The molecule has 0 bridgehead atoms. The van der Waals surface area contributed by atoms with Crippen molar-refractivity contribution in [3.05, 3.63) is 29.5 Å². The van der Waals surface area contributed by atoms with E-state index in [-0.39, 0.29) is 11.8 Å². The van der Waals surface area contributed by atoms with Gasteiger partial charge in [0.15, 0.2) is 0 Å². The minimum Gasteiger partial charge on any atom is -0.358 e. The highest BCUT2D eigenvalue weighted by atomic mass is 16.1. The van der Waals surface area contributed by atoms with E-state index >= 15 is 0 Å². The van der Waals surface area contributed by atoms with Gasteiger partial charge in [0.1, 0.15) is 0 Å². The second-order valence-corrected chi connectivity index (χ2v) is 7.37. The highest BCUT2D eigenvalue weighted by molar-refractivity contribution is 5.96. The van der Waals surface area contributed by atoms with Crippen LogP contribution in [-0.4, -0.2) is 36.4 Å². The minimum atomic E-state index is 0.190.